The molecule has 13 heteroatoms. The lowest BCUT2D eigenvalue weighted by Crippen LogP contribution is -2.44. The third kappa shape index (κ3) is 4.29. The number of amides is 2. The predicted molar refractivity (Wildman–Crippen MR) is 107 cm³/mol. The van der Waals surface area contributed by atoms with E-state index in [0.717, 1.165) is 28.3 Å². The number of aliphatic hydroxyl groups is 2. The van der Waals surface area contributed by atoms with Crippen LogP contribution in [0.2, 0.25) is 0 Å². The molecule has 4 atom stereocenters. The molecule has 0 spiro atoms. The Morgan fingerprint density at radius 1 is 1.33 bits per heavy atom. The first-order valence-corrected chi connectivity index (χ1v) is 10.1. The highest BCUT2D eigenvalue weighted by Crippen LogP contribution is 2.35. The van der Waals surface area contributed by atoms with Gasteiger partial charge in [-0.2, -0.15) is 4.98 Å². The number of benzene rings is 1. The van der Waals surface area contributed by atoms with Crippen molar-refractivity contribution in [2.75, 3.05) is 24.6 Å². The smallest absolute Gasteiger partial charge is 0.414 e. The van der Waals surface area contributed by atoms with Gasteiger partial charge in [0.1, 0.15) is 23.8 Å². The number of aliphatic hydroxyl groups excluding tert-OH is 2. The second kappa shape index (κ2) is 9.21. The first kappa shape index (κ1) is 22.8. The highest BCUT2D eigenvalue weighted by molar-refractivity contribution is 5.90. The van der Waals surface area contributed by atoms with E-state index in [2.05, 4.69) is 14.7 Å². The summed E-state index contributed by atoms with van der Waals surface area (Å²) in [7, 11) is 0. The Kier molecular flexibility index (Phi) is 6.35. The Morgan fingerprint density at radius 3 is 2.70 bits per heavy atom. The molecule has 4 rings (SSSR count). The predicted octanol–water partition coefficient (Wildman–Crippen LogP) is 0.556. The van der Waals surface area contributed by atoms with Crippen LogP contribution in [0.1, 0.15) is 29.9 Å². The van der Waals surface area contributed by atoms with Gasteiger partial charge in [-0.25, -0.2) is 13.6 Å². The molecule has 0 bridgehead atoms. The van der Waals surface area contributed by atoms with Crippen LogP contribution in [0.3, 0.4) is 0 Å². The number of cyclic esters (lactones) is 1. The second-order valence-corrected chi connectivity index (χ2v) is 7.56. The summed E-state index contributed by atoms with van der Waals surface area (Å²) < 4.78 is 40.1. The molecule has 11 nitrogen and oxygen atoms in total. The van der Waals surface area contributed by atoms with Crippen molar-refractivity contribution in [3.8, 4) is 0 Å². The number of aromatic nitrogens is 2. The Hall–Kier alpha value is -3.42. The van der Waals surface area contributed by atoms with Crippen LogP contribution in [0.4, 0.5) is 19.3 Å². The summed E-state index contributed by atoms with van der Waals surface area (Å²) in [6, 6.07) is -0.131. The molecular formula is C20H21F2N5O6. The van der Waals surface area contributed by atoms with Crippen molar-refractivity contribution in [3.05, 3.63) is 53.7 Å². The molecule has 1 aromatic heterocycles. The normalized spacial score (nSPS) is 22.4. The number of carbonyl (C=O) groups is 2. The Morgan fingerprint density at radius 2 is 2.06 bits per heavy atom. The van der Waals surface area contributed by atoms with E-state index in [9.17, 15) is 14.7 Å². The van der Waals surface area contributed by atoms with Gasteiger partial charge in [-0.3, -0.25) is 9.69 Å². The van der Waals surface area contributed by atoms with E-state index in [-0.39, 0.29) is 24.6 Å². The minimum Gasteiger partial charge on any atom is -0.442 e. The molecule has 2 unspecified atom stereocenters. The highest BCUT2D eigenvalue weighted by atomic mass is 19.1. The molecule has 0 aliphatic carbocycles. The molecule has 3 heterocycles. The van der Waals surface area contributed by atoms with E-state index >= 15 is 8.78 Å². The molecule has 33 heavy (non-hydrogen) atoms. The largest absolute Gasteiger partial charge is 0.442 e. The maximum atomic E-state index is 15.1. The topological polar surface area (TPSA) is 155 Å². The van der Waals surface area contributed by atoms with Gasteiger partial charge < -0.3 is 30.1 Å². The third-order valence-electron chi connectivity index (χ3n) is 5.52. The number of ether oxygens (including phenoxy) is 1. The summed E-state index contributed by atoms with van der Waals surface area (Å²) in [6.45, 7) is -0.824. The van der Waals surface area contributed by atoms with Crippen LogP contribution in [0, 0.1) is 11.6 Å². The number of carbonyl (C=O) groups excluding carboxylic acids is 2. The van der Waals surface area contributed by atoms with Crippen molar-refractivity contribution in [2.24, 2.45) is 5.73 Å². The van der Waals surface area contributed by atoms with E-state index in [1.165, 1.54) is 6.08 Å². The molecule has 1 saturated heterocycles. The first-order chi connectivity index (χ1) is 15.8. The number of hydrogen-bond donors (Lipinski definition) is 3. The number of rotatable bonds is 6. The van der Waals surface area contributed by atoms with Crippen LogP contribution in [-0.2, 0) is 9.53 Å². The Labute approximate surface area is 186 Å². The van der Waals surface area contributed by atoms with Crippen molar-refractivity contribution >= 4 is 17.7 Å². The Bertz CT molecular complexity index is 1040. The standard InChI is InChI=1S/C20H21F2N5O6/c21-11-5-10(27-7-15(33-20(27)31)17(23)18-24-9-32-25-18)6-12(22)16(11)13-3-1-2-4-26(13)19(30)14(29)8-28/h1,3,5-6,9,13-15,17,28-29H,2,4,7-8,23H2/t13?,14-,15-,17?/m0/s1. The van der Waals surface area contributed by atoms with E-state index in [0.29, 0.717) is 6.42 Å². The molecule has 2 aromatic rings. The molecule has 2 aliphatic heterocycles. The molecule has 2 aliphatic rings. The quantitative estimate of drug-likeness (QED) is 0.519. The average molecular weight is 465 g/mol. The maximum Gasteiger partial charge on any atom is 0.414 e. The van der Waals surface area contributed by atoms with E-state index in [1.807, 2.05) is 0 Å². The number of hydrogen-bond acceptors (Lipinski definition) is 9. The van der Waals surface area contributed by atoms with Crippen molar-refractivity contribution in [1.29, 1.82) is 0 Å². The summed E-state index contributed by atoms with van der Waals surface area (Å²) in [5, 5.41) is 22.4. The first-order valence-electron chi connectivity index (χ1n) is 10.1. The minimum atomic E-state index is -1.70. The fourth-order valence-electron chi connectivity index (χ4n) is 3.83. The second-order valence-electron chi connectivity index (χ2n) is 7.56. The number of anilines is 1. The van der Waals surface area contributed by atoms with Crippen LogP contribution >= 0.6 is 0 Å². The minimum absolute atomic E-state index is 0.102. The van der Waals surface area contributed by atoms with Gasteiger partial charge in [0.2, 0.25) is 6.39 Å². The average Bonchev–Trinajstić information content (AvgIpc) is 3.47. The van der Waals surface area contributed by atoms with E-state index in [1.54, 1.807) is 6.08 Å². The summed E-state index contributed by atoms with van der Waals surface area (Å²) in [5.41, 5.74) is 5.46. The van der Waals surface area contributed by atoms with Crippen LogP contribution in [0.5, 0.6) is 0 Å². The van der Waals surface area contributed by atoms with E-state index < -0.39 is 60.1 Å². The zero-order chi connectivity index (χ0) is 23.7. The molecule has 0 radical (unpaired) electrons. The van der Waals surface area contributed by atoms with Crippen molar-refractivity contribution in [2.45, 2.75) is 30.7 Å². The van der Waals surface area contributed by atoms with Gasteiger partial charge in [-0.1, -0.05) is 17.3 Å². The van der Waals surface area contributed by atoms with Crippen molar-refractivity contribution in [1.82, 2.24) is 15.0 Å². The fourth-order valence-corrected chi connectivity index (χ4v) is 3.83. The van der Waals surface area contributed by atoms with Gasteiger partial charge in [0.25, 0.3) is 5.91 Å². The van der Waals surface area contributed by atoms with Gasteiger partial charge in [-0.15, -0.1) is 0 Å². The highest BCUT2D eigenvalue weighted by Gasteiger charge is 2.39. The van der Waals surface area contributed by atoms with Crippen LogP contribution in [0.25, 0.3) is 0 Å². The van der Waals surface area contributed by atoms with Gasteiger partial charge in [0, 0.05) is 6.54 Å². The fraction of sp³-hybridized carbons (Fsp3) is 0.400. The zero-order valence-corrected chi connectivity index (χ0v) is 17.2. The lowest BCUT2D eigenvalue weighted by molar-refractivity contribution is -0.144. The maximum absolute atomic E-state index is 15.1. The van der Waals surface area contributed by atoms with Gasteiger partial charge in [-0.05, 0) is 18.6 Å². The lowest BCUT2D eigenvalue weighted by Gasteiger charge is -2.34. The summed E-state index contributed by atoms with van der Waals surface area (Å²) in [5.74, 6) is -2.74. The monoisotopic (exact) mass is 465 g/mol. The number of nitrogens with zero attached hydrogens (tertiary/aromatic N) is 4. The third-order valence-corrected chi connectivity index (χ3v) is 5.52. The summed E-state index contributed by atoms with van der Waals surface area (Å²) >= 11 is 0. The molecule has 1 fully saturated rings. The molecule has 4 N–H and O–H groups in total. The molecule has 1 aromatic carbocycles. The number of nitrogens with two attached hydrogens (primary N) is 1. The van der Waals surface area contributed by atoms with Crippen LogP contribution in [0.15, 0.2) is 35.2 Å². The molecule has 2 amide bonds. The lowest BCUT2D eigenvalue weighted by atomic mass is 9.98. The summed E-state index contributed by atoms with van der Waals surface area (Å²) in [4.78, 5) is 30.7. The number of halogens is 2. The van der Waals surface area contributed by atoms with Gasteiger partial charge in [0.05, 0.1) is 30.4 Å². The molecule has 176 valence electrons. The SMILES string of the molecule is NC(c1ncon1)[C@@H]1CN(c2cc(F)c(C3C=CCCN3C(=O)[C@@H](O)CO)c(F)c2)C(=O)O1. The Balaban J connectivity index is 1.59. The van der Waals surface area contributed by atoms with Gasteiger partial charge >= 0.3 is 6.09 Å². The van der Waals surface area contributed by atoms with E-state index in [4.69, 9.17) is 15.6 Å². The summed E-state index contributed by atoms with van der Waals surface area (Å²) in [6.07, 6.45) is 1.15. The molecular weight excluding hydrogens is 444 g/mol. The van der Waals surface area contributed by atoms with Crippen molar-refractivity contribution in [3.63, 3.8) is 0 Å². The zero-order valence-electron chi connectivity index (χ0n) is 17.2. The van der Waals surface area contributed by atoms with Crippen LogP contribution < -0.4 is 10.6 Å². The molecule has 0 saturated carbocycles. The van der Waals surface area contributed by atoms with Crippen molar-refractivity contribution < 1.29 is 37.8 Å². The van der Waals surface area contributed by atoms with Crippen LogP contribution in [-0.4, -0.2) is 69.2 Å². The van der Waals surface area contributed by atoms with Gasteiger partial charge in [0.15, 0.2) is 11.9 Å².